The van der Waals surface area contributed by atoms with Gasteiger partial charge in [0.2, 0.25) is 0 Å². The smallest absolute Gasteiger partial charge is 0.345 e. The van der Waals surface area contributed by atoms with E-state index in [4.69, 9.17) is 5.11 Å². The largest absolute Gasteiger partial charge is 0.477 e. The fourth-order valence-electron chi connectivity index (χ4n) is 1.93. The Kier molecular flexibility index (Phi) is 1.91. The first-order valence-electron chi connectivity index (χ1n) is 5.08. The van der Waals surface area contributed by atoms with Gasteiger partial charge in [0.05, 0.1) is 10.9 Å². The van der Waals surface area contributed by atoms with Gasteiger partial charge in [0, 0.05) is 0 Å². The molecule has 3 rings (SSSR count). The van der Waals surface area contributed by atoms with Crippen molar-refractivity contribution in [1.82, 2.24) is 14.6 Å². The summed E-state index contributed by atoms with van der Waals surface area (Å²) >= 11 is 0. The number of rotatable bonds is 1. The van der Waals surface area contributed by atoms with Gasteiger partial charge in [-0.25, -0.2) is 4.79 Å². The van der Waals surface area contributed by atoms with Crippen molar-refractivity contribution in [2.75, 3.05) is 0 Å². The lowest BCUT2D eigenvalue weighted by Gasteiger charge is -1.99. The second-order valence-electron chi connectivity index (χ2n) is 3.78. The van der Waals surface area contributed by atoms with E-state index in [1.54, 1.807) is 24.3 Å². The fraction of sp³-hybridized carbons (Fsp3) is 0. The molecule has 7 nitrogen and oxygen atoms in total. The van der Waals surface area contributed by atoms with Gasteiger partial charge in [-0.3, -0.25) is 14.7 Å². The third kappa shape index (κ3) is 1.21. The molecule has 0 saturated carbocycles. The number of carboxylic acid groups (broad SMARTS) is 1. The van der Waals surface area contributed by atoms with Gasteiger partial charge in [-0.1, -0.05) is 12.1 Å². The number of aromatic carboxylic acids is 1. The Morgan fingerprint density at radius 3 is 2.67 bits per heavy atom. The maximum Gasteiger partial charge on any atom is 0.345 e. The first-order valence-corrected chi connectivity index (χ1v) is 5.08. The minimum Gasteiger partial charge on any atom is -0.477 e. The number of para-hydroxylation sites is 1. The topological polar surface area (TPSA) is 107 Å². The molecule has 2 aromatic heterocycles. The zero-order valence-electron chi connectivity index (χ0n) is 8.93. The highest BCUT2D eigenvalue weighted by molar-refractivity contribution is 5.95. The molecule has 0 aliphatic rings. The van der Waals surface area contributed by atoms with Crippen molar-refractivity contribution >= 4 is 22.5 Å². The molecule has 7 heteroatoms. The van der Waals surface area contributed by atoms with Gasteiger partial charge < -0.3 is 10.1 Å². The van der Waals surface area contributed by atoms with Crippen LogP contribution in [0, 0.1) is 0 Å². The molecule has 2 heterocycles. The predicted molar refractivity (Wildman–Crippen MR) is 63.1 cm³/mol. The molecule has 3 aromatic rings. The van der Waals surface area contributed by atoms with Crippen LogP contribution in [-0.2, 0) is 0 Å². The van der Waals surface area contributed by atoms with Crippen molar-refractivity contribution in [2.24, 2.45) is 0 Å². The molecule has 0 spiro atoms. The summed E-state index contributed by atoms with van der Waals surface area (Å²) in [5.74, 6) is -1.38. The van der Waals surface area contributed by atoms with Crippen molar-refractivity contribution in [3.05, 3.63) is 50.5 Å². The van der Waals surface area contributed by atoms with Crippen LogP contribution in [0.5, 0.6) is 0 Å². The molecule has 0 unspecified atom stereocenters. The monoisotopic (exact) mass is 245 g/mol. The number of fused-ring (bicyclic) bond motifs is 2. The van der Waals surface area contributed by atoms with Gasteiger partial charge >= 0.3 is 5.97 Å². The van der Waals surface area contributed by atoms with E-state index in [0.717, 1.165) is 4.52 Å². The molecule has 0 fully saturated rings. The van der Waals surface area contributed by atoms with Gasteiger partial charge in [0.1, 0.15) is 0 Å². The van der Waals surface area contributed by atoms with E-state index in [9.17, 15) is 14.4 Å². The van der Waals surface area contributed by atoms with Crippen LogP contribution in [0.15, 0.2) is 33.9 Å². The average molecular weight is 245 g/mol. The van der Waals surface area contributed by atoms with E-state index >= 15 is 0 Å². The average Bonchev–Trinajstić information content (AvgIpc) is 2.66. The van der Waals surface area contributed by atoms with Crippen molar-refractivity contribution in [2.45, 2.75) is 0 Å². The van der Waals surface area contributed by atoms with Crippen LogP contribution >= 0.6 is 0 Å². The van der Waals surface area contributed by atoms with Crippen LogP contribution in [-0.4, -0.2) is 25.7 Å². The number of carboxylic acids is 1. The number of hydrogen-bond acceptors (Lipinski definition) is 3. The molecule has 0 amide bonds. The molecule has 0 bridgehead atoms. The van der Waals surface area contributed by atoms with Crippen molar-refractivity contribution in [3.8, 4) is 0 Å². The Hall–Kier alpha value is -2.83. The SMILES string of the molecule is O=C(O)c1c(=O)[nH]n2c(=O)c3ccccc3[nH]c12. The van der Waals surface area contributed by atoms with Gasteiger partial charge in [-0.05, 0) is 12.1 Å². The molecular weight excluding hydrogens is 238 g/mol. The summed E-state index contributed by atoms with van der Waals surface area (Å²) in [4.78, 5) is 37.3. The third-order valence-corrected chi connectivity index (χ3v) is 2.73. The van der Waals surface area contributed by atoms with E-state index in [1.807, 2.05) is 0 Å². The van der Waals surface area contributed by atoms with Crippen molar-refractivity contribution in [1.29, 1.82) is 0 Å². The minimum absolute atomic E-state index is 0.0452. The molecule has 0 atom stereocenters. The van der Waals surface area contributed by atoms with Gasteiger partial charge in [-0.2, -0.15) is 4.52 Å². The second-order valence-corrected chi connectivity index (χ2v) is 3.78. The number of aromatic nitrogens is 3. The highest BCUT2D eigenvalue weighted by Gasteiger charge is 2.18. The van der Waals surface area contributed by atoms with Gasteiger partial charge in [-0.15, -0.1) is 0 Å². The number of H-pyrrole nitrogens is 2. The van der Waals surface area contributed by atoms with Crippen LogP contribution < -0.4 is 11.1 Å². The summed E-state index contributed by atoms with van der Waals surface area (Å²) in [6, 6.07) is 6.62. The van der Waals surface area contributed by atoms with E-state index in [2.05, 4.69) is 10.1 Å². The Bertz CT molecular complexity index is 900. The van der Waals surface area contributed by atoms with E-state index in [0.29, 0.717) is 10.9 Å². The van der Waals surface area contributed by atoms with E-state index in [-0.39, 0.29) is 5.65 Å². The fourth-order valence-corrected chi connectivity index (χ4v) is 1.93. The summed E-state index contributed by atoms with van der Waals surface area (Å²) in [5.41, 5.74) is -1.33. The van der Waals surface area contributed by atoms with Gasteiger partial charge in [0.25, 0.3) is 11.1 Å². The number of aromatic amines is 2. The molecule has 90 valence electrons. The first-order chi connectivity index (χ1) is 8.59. The molecule has 18 heavy (non-hydrogen) atoms. The number of nitrogens with zero attached hydrogens (tertiary/aromatic N) is 1. The van der Waals surface area contributed by atoms with Crippen LogP contribution in [0.3, 0.4) is 0 Å². The van der Waals surface area contributed by atoms with Crippen molar-refractivity contribution in [3.63, 3.8) is 0 Å². The summed E-state index contributed by atoms with van der Waals surface area (Å²) in [6.45, 7) is 0. The Morgan fingerprint density at radius 2 is 1.94 bits per heavy atom. The number of carbonyl (C=O) groups is 1. The second kappa shape index (κ2) is 3.33. The zero-order chi connectivity index (χ0) is 12.9. The standard InChI is InChI=1S/C11H7N3O4/c15-9-7(11(17)18)8-12-6-4-2-1-3-5(6)10(16)14(8)13-9/h1-4,12H,(H,13,15)(H,17,18). The minimum atomic E-state index is -1.38. The van der Waals surface area contributed by atoms with Gasteiger partial charge in [0.15, 0.2) is 11.2 Å². The molecule has 1 aromatic carbocycles. The number of hydrogen-bond donors (Lipinski definition) is 3. The Morgan fingerprint density at radius 1 is 1.22 bits per heavy atom. The lowest BCUT2D eigenvalue weighted by Crippen LogP contribution is -2.16. The summed E-state index contributed by atoms with van der Waals surface area (Å²) in [6.07, 6.45) is 0. The van der Waals surface area contributed by atoms with Crippen LogP contribution in [0.1, 0.15) is 10.4 Å². The van der Waals surface area contributed by atoms with Crippen LogP contribution in [0.25, 0.3) is 16.6 Å². The Labute approximate surface area is 98.3 Å². The van der Waals surface area contributed by atoms with Crippen LogP contribution in [0.4, 0.5) is 0 Å². The van der Waals surface area contributed by atoms with Crippen LogP contribution in [0.2, 0.25) is 0 Å². The summed E-state index contributed by atoms with van der Waals surface area (Å²) in [5, 5.41) is 11.5. The van der Waals surface area contributed by atoms with E-state index in [1.165, 1.54) is 0 Å². The maximum atomic E-state index is 12.1. The zero-order valence-corrected chi connectivity index (χ0v) is 8.93. The summed E-state index contributed by atoms with van der Waals surface area (Å²) < 4.78 is 0.911. The molecule has 0 aliphatic heterocycles. The lowest BCUT2D eigenvalue weighted by molar-refractivity contribution is 0.0697. The lowest BCUT2D eigenvalue weighted by atomic mass is 10.2. The Balaban J connectivity index is 2.65. The molecule has 0 aliphatic carbocycles. The normalized spacial score (nSPS) is 11.1. The molecule has 0 radical (unpaired) electrons. The maximum absolute atomic E-state index is 12.1. The predicted octanol–water partition coefficient (Wildman–Crippen LogP) is 0.167. The van der Waals surface area contributed by atoms with Crippen molar-refractivity contribution < 1.29 is 9.90 Å². The first kappa shape index (κ1) is 10.3. The quantitative estimate of drug-likeness (QED) is 0.567. The molecule has 3 N–H and O–H groups in total. The van der Waals surface area contributed by atoms with E-state index < -0.39 is 22.7 Å². The summed E-state index contributed by atoms with van der Waals surface area (Å²) in [7, 11) is 0. The number of benzene rings is 1. The number of nitrogens with one attached hydrogen (secondary N) is 2. The molecule has 0 saturated heterocycles. The highest BCUT2D eigenvalue weighted by atomic mass is 16.4. The molecular formula is C11H7N3O4. The third-order valence-electron chi connectivity index (χ3n) is 2.73. The highest BCUT2D eigenvalue weighted by Crippen LogP contribution is 2.09.